The number of amides is 2. The minimum Gasteiger partial charge on any atom is -0.351 e. The van der Waals surface area contributed by atoms with Crippen molar-refractivity contribution in [2.24, 2.45) is 11.7 Å². The van der Waals surface area contributed by atoms with Crippen molar-refractivity contribution >= 4 is 18.4 Å². The summed E-state index contributed by atoms with van der Waals surface area (Å²) in [5, 5.41) is 0. The van der Waals surface area contributed by atoms with Crippen LogP contribution in [0, 0.1) is 5.92 Å². The van der Waals surface area contributed by atoms with Gasteiger partial charge in [-0.25, -0.2) is 4.79 Å². The lowest BCUT2D eigenvalue weighted by Gasteiger charge is -2.11. The summed E-state index contributed by atoms with van der Waals surface area (Å²) in [4.78, 5) is 12.0. The van der Waals surface area contributed by atoms with Crippen LogP contribution in [0.25, 0.3) is 0 Å². The van der Waals surface area contributed by atoms with Crippen LogP contribution in [0.4, 0.5) is 4.79 Å². The number of carbonyl (C=O) groups is 1. The molecule has 0 aromatic heterocycles. The van der Waals surface area contributed by atoms with Gasteiger partial charge in [0.05, 0.1) is 0 Å². The topological polar surface area (TPSA) is 46.3 Å². The summed E-state index contributed by atoms with van der Waals surface area (Å²) in [6.45, 7) is 0.843. The Labute approximate surface area is 67.0 Å². The fraction of sp³-hybridized carbons (Fsp3) is 0.833. The Morgan fingerprint density at radius 1 is 1.70 bits per heavy atom. The lowest BCUT2D eigenvalue weighted by Crippen LogP contribution is -2.33. The van der Waals surface area contributed by atoms with E-state index in [1.807, 2.05) is 0 Å². The maximum absolute atomic E-state index is 10.4. The average molecular weight is 165 g/mol. The van der Waals surface area contributed by atoms with Crippen LogP contribution in [-0.4, -0.2) is 24.5 Å². The minimum absolute atomic E-state index is 0. The molecule has 0 aromatic carbocycles. The van der Waals surface area contributed by atoms with Crippen molar-refractivity contribution in [1.82, 2.24) is 4.90 Å². The van der Waals surface area contributed by atoms with E-state index in [4.69, 9.17) is 5.73 Å². The normalized spacial score (nSPS) is 15.7. The molecule has 0 spiro atoms. The van der Waals surface area contributed by atoms with E-state index in [1.165, 1.54) is 12.8 Å². The van der Waals surface area contributed by atoms with Gasteiger partial charge in [-0.2, -0.15) is 0 Å². The molecule has 1 aliphatic carbocycles. The molecule has 3 nitrogen and oxygen atoms in total. The van der Waals surface area contributed by atoms with Crippen molar-refractivity contribution in [3.8, 4) is 0 Å². The monoisotopic (exact) mass is 164 g/mol. The molecular weight excluding hydrogens is 152 g/mol. The summed E-state index contributed by atoms with van der Waals surface area (Å²) in [5.41, 5.74) is 5.00. The highest BCUT2D eigenvalue weighted by Gasteiger charge is 2.23. The molecule has 0 atom stereocenters. The third kappa shape index (κ3) is 2.92. The molecule has 0 aromatic rings. The van der Waals surface area contributed by atoms with E-state index in [2.05, 4.69) is 0 Å². The molecule has 0 radical (unpaired) electrons. The zero-order chi connectivity index (χ0) is 6.85. The van der Waals surface area contributed by atoms with Gasteiger partial charge in [-0.1, -0.05) is 0 Å². The van der Waals surface area contributed by atoms with Gasteiger partial charge >= 0.3 is 6.03 Å². The lowest BCUT2D eigenvalue weighted by atomic mass is 10.4. The number of hydrogen-bond acceptors (Lipinski definition) is 1. The van der Waals surface area contributed by atoms with E-state index in [-0.39, 0.29) is 18.4 Å². The van der Waals surface area contributed by atoms with E-state index in [1.54, 1.807) is 11.9 Å². The van der Waals surface area contributed by atoms with Crippen LogP contribution in [0.3, 0.4) is 0 Å². The molecule has 0 aliphatic heterocycles. The number of primary amides is 1. The van der Waals surface area contributed by atoms with Crippen LogP contribution in [0.5, 0.6) is 0 Å². The predicted octanol–water partition coefficient (Wildman–Crippen LogP) is 0.829. The molecule has 4 heteroatoms. The molecule has 1 aliphatic rings. The molecule has 10 heavy (non-hydrogen) atoms. The maximum Gasteiger partial charge on any atom is 0.314 e. The zero-order valence-electron chi connectivity index (χ0n) is 6.04. The molecule has 0 bridgehead atoms. The molecule has 1 saturated carbocycles. The Bertz CT molecular complexity index is 125. The molecule has 1 rings (SSSR count). The van der Waals surface area contributed by atoms with Gasteiger partial charge in [0.1, 0.15) is 0 Å². The van der Waals surface area contributed by atoms with E-state index in [9.17, 15) is 4.79 Å². The number of hydrogen-bond donors (Lipinski definition) is 1. The number of nitrogens with two attached hydrogens (primary N) is 1. The Kier molecular flexibility index (Phi) is 3.50. The van der Waals surface area contributed by atoms with Gasteiger partial charge in [0.15, 0.2) is 0 Å². The fourth-order valence-corrected chi connectivity index (χ4v) is 0.778. The summed E-state index contributed by atoms with van der Waals surface area (Å²) < 4.78 is 0. The van der Waals surface area contributed by atoms with Gasteiger partial charge in [0.2, 0.25) is 0 Å². The van der Waals surface area contributed by atoms with E-state index in [0.29, 0.717) is 0 Å². The van der Waals surface area contributed by atoms with Crippen molar-refractivity contribution in [3.63, 3.8) is 0 Å². The highest BCUT2D eigenvalue weighted by atomic mass is 35.5. The van der Waals surface area contributed by atoms with Crippen LogP contribution >= 0.6 is 12.4 Å². The summed E-state index contributed by atoms with van der Waals surface area (Å²) in [6.07, 6.45) is 2.52. The first-order valence-corrected chi connectivity index (χ1v) is 3.20. The second kappa shape index (κ2) is 3.66. The average Bonchev–Trinajstić information content (AvgIpc) is 2.50. The third-order valence-electron chi connectivity index (χ3n) is 1.61. The Morgan fingerprint density at radius 3 is 2.50 bits per heavy atom. The molecule has 60 valence electrons. The molecule has 2 N–H and O–H groups in total. The fourth-order valence-electron chi connectivity index (χ4n) is 0.778. The second-order valence-electron chi connectivity index (χ2n) is 2.66. The summed E-state index contributed by atoms with van der Waals surface area (Å²) in [5.74, 6) is 0.738. The molecule has 0 heterocycles. The lowest BCUT2D eigenvalue weighted by molar-refractivity contribution is 0.216. The summed E-state index contributed by atoms with van der Waals surface area (Å²) in [6, 6.07) is -0.318. The maximum atomic E-state index is 10.4. The van der Waals surface area contributed by atoms with Crippen LogP contribution in [0.1, 0.15) is 12.8 Å². The Balaban J connectivity index is 0.000000810. The van der Waals surface area contributed by atoms with E-state index < -0.39 is 0 Å². The largest absolute Gasteiger partial charge is 0.351 e. The first-order chi connectivity index (χ1) is 4.20. The van der Waals surface area contributed by atoms with Gasteiger partial charge in [0, 0.05) is 13.6 Å². The molecular formula is C6H13ClN2O. The van der Waals surface area contributed by atoms with Crippen LogP contribution in [0.2, 0.25) is 0 Å². The second-order valence-corrected chi connectivity index (χ2v) is 2.66. The van der Waals surface area contributed by atoms with Crippen molar-refractivity contribution < 1.29 is 4.79 Å². The van der Waals surface area contributed by atoms with Crippen molar-refractivity contribution in [2.75, 3.05) is 13.6 Å². The van der Waals surface area contributed by atoms with E-state index >= 15 is 0 Å². The quantitative estimate of drug-likeness (QED) is 0.646. The third-order valence-corrected chi connectivity index (χ3v) is 1.61. The van der Waals surface area contributed by atoms with Gasteiger partial charge in [-0.15, -0.1) is 12.4 Å². The van der Waals surface area contributed by atoms with Crippen molar-refractivity contribution in [3.05, 3.63) is 0 Å². The minimum atomic E-state index is -0.318. The predicted molar refractivity (Wildman–Crippen MR) is 42.2 cm³/mol. The standard InChI is InChI=1S/C6H12N2O.ClH/c1-8(6(7)9)4-5-2-3-5;/h5H,2-4H2,1H3,(H2,7,9);1H. The number of carbonyl (C=O) groups excluding carboxylic acids is 1. The summed E-state index contributed by atoms with van der Waals surface area (Å²) in [7, 11) is 1.74. The van der Waals surface area contributed by atoms with Gasteiger partial charge in [-0.05, 0) is 18.8 Å². The van der Waals surface area contributed by atoms with E-state index in [0.717, 1.165) is 12.5 Å². The first-order valence-electron chi connectivity index (χ1n) is 3.20. The first kappa shape index (κ1) is 9.56. The highest BCUT2D eigenvalue weighted by Crippen LogP contribution is 2.29. The zero-order valence-corrected chi connectivity index (χ0v) is 6.86. The SMILES string of the molecule is CN(CC1CC1)C(N)=O.Cl. The highest BCUT2D eigenvalue weighted by molar-refractivity contribution is 5.85. The van der Waals surface area contributed by atoms with Crippen LogP contribution in [-0.2, 0) is 0 Å². The van der Waals surface area contributed by atoms with Gasteiger partial charge < -0.3 is 10.6 Å². The molecule has 2 amide bonds. The van der Waals surface area contributed by atoms with Gasteiger partial charge in [0.25, 0.3) is 0 Å². The number of halogens is 1. The smallest absolute Gasteiger partial charge is 0.314 e. The molecule has 0 saturated heterocycles. The number of urea groups is 1. The van der Waals surface area contributed by atoms with Gasteiger partial charge in [-0.3, -0.25) is 0 Å². The molecule has 1 fully saturated rings. The summed E-state index contributed by atoms with van der Waals surface area (Å²) >= 11 is 0. The van der Waals surface area contributed by atoms with Crippen molar-refractivity contribution in [2.45, 2.75) is 12.8 Å². The van der Waals surface area contributed by atoms with Crippen LogP contribution in [0.15, 0.2) is 0 Å². The molecule has 0 unspecified atom stereocenters. The van der Waals surface area contributed by atoms with Crippen LogP contribution < -0.4 is 5.73 Å². The Hall–Kier alpha value is -0.440. The van der Waals surface area contributed by atoms with Crippen molar-refractivity contribution in [1.29, 1.82) is 0 Å². The number of nitrogens with zero attached hydrogens (tertiary/aromatic N) is 1. The Morgan fingerprint density at radius 2 is 2.20 bits per heavy atom. The number of rotatable bonds is 2.